The Balaban J connectivity index is 1.93. The Morgan fingerprint density at radius 2 is 1.90 bits per heavy atom. The van der Waals surface area contributed by atoms with Crippen LogP contribution in [0.3, 0.4) is 0 Å². The van der Waals surface area contributed by atoms with E-state index in [1.54, 1.807) is 0 Å². The molecule has 4 rings (SSSR count). The molecule has 4 heterocycles. The van der Waals surface area contributed by atoms with Gasteiger partial charge in [0.25, 0.3) is 0 Å². The first-order valence-corrected chi connectivity index (χ1v) is 8.67. The predicted octanol–water partition coefficient (Wildman–Crippen LogP) is 3.65. The maximum absolute atomic E-state index is 14.2. The minimum absolute atomic E-state index is 0.0357. The molecule has 1 atom stereocenters. The van der Waals surface area contributed by atoms with Crippen LogP contribution in [0, 0.1) is 0 Å². The number of nitrogens with zero attached hydrogens (tertiary/aromatic N) is 6. The molecule has 0 fully saturated rings. The van der Waals surface area contributed by atoms with Crippen LogP contribution in [0.4, 0.5) is 42.6 Å². The van der Waals surface area contributed by atoms with Crippen molar-refractivity contribution in [3.05, 3.63) is 47.5 Å². The van der Waals surface area contributed by atoms with Gasteiger partial charge in [-0.15, -0.1) is 6.58 Å². The van der Waals surface area contributed by atoms with Crippen molar-refractivity contribution in [3.8, 4) is 0 Å². The molecule has 0 saturated carbocycles. The Labute approximate surface area is 173 Å². The minimum atomic E-state index is -4.96. The van der Waals surface area contributed by atoms with Gasteiger partial charge in [0.05, 0.1) is 24.1 Å². The van der Waals surface area contributed by atoms with Gasteiger partial charge in [-0.3, -0.25) is 4.90 Å². The molecular formula is C16H10ClF6N7O. The second kappa shape index (κ2) is 6.35. The van der Waals surface area contributed by atoms with Gasteiger partial charge in [-0.05, 0) is 0 Å². The van der Waals surface area contributed by atoms with Crippen LogP contribution in [-0.2, 0) is 11.6 Å². The third kappa shape index (κ3) is 2.92. The Morgan fingerprint density at radius 1 is 1.23 bits per heavy atom. The van der Waals surface area contributed by atoms with Crippen LogP contribution >= 0.6 is 11.6 Å². The van der Waals surface area contributed by atoms with Crippen molar-refractivity contribution in [2.45, 2.75) is 17.8 Å². The number of nitrogen functional groups attached to an aromatic ring is 1. The lowest BCUT2D eigenvalue weighted by Crippen LogP contribution is -2.47. The summed E-state index contributed by atoms with van der Waals surface area (Å²) < 4.78 is 82.4. The molecular weight excluding hydrogens is 456 g/mol. The molecule has 0 unspecified atom stereocenters. The normalized spacial score (nSPS) is 19.1. The zero-order chi connectivity index (χ0) is 22.9. The molecule has 0 bridgehead atoms. The fourth-order valence-corrected chi connectivity index (χ4v) is 3.57. The molecule has 15 heteroatoms. The SMILES string of the molecule is C=C[C@@]1(C(F)(F)F)CN(C(=O)n2nc(C(F)(F)F)cc2N)c2cnc3cc(Cl)nn3c21. The summed E-state index contributed by atoms with van der Waals surface area (Å²) in [5, 5.41) is 6.75. The van der Waals surface area contributed by atoms with Crippen LogP contribution in [0.5, 0.6) is 0 Å². The lowest BCUT2D eigenvalue weighted by atomic mass is 9.85. The average molecular weight is 466 g/mol. The van der Waals surface area contributed by atoms with E-state index in [1.165, 1.54) is 6.07 Å². The van der Waals surface area contributed by atoms with Gasteiger partial charge in [0.15, 0.2) is 16.5 Å². The topological polar surface area (TPSA) is 94.3 Å². The van der Waals surface area contributed by atoms with Crippen molar-refractivity contribution in [1.82, 2.24) is 24.4 Å². The van der Waals surface area contributed by atoms with Gasteiger partial charge in [-0.1, -0.05) is 17.7 Å². The van der Waals surface area contributed by atoms with Gasteiger partial charge < -0.3 is 5.73 Å². The lowest BCUT2D eigenvalue weighted by Gasteiger charge is -2.29. The molecule has 1 aliphatic heterocycles. The number of carbonyl (C=O) groups excluding carboxylic acids is 1. The summed E-state index contributed by atoms with van der Waals surface area (Å²) in [7, 11) is 0. The zero-order valence-electron chi connectivity index (χ0n) is 15.0. The van der Waals surface area contributed by atoms with E-state index in [1.807, 2.05) is 0 Å². The van der Waals surface area contributed by atoms with Crippen molar-refractivity contribution >= 4 is 34.8 Å². The third-order valence-corrected chi connectivity index (χ3v) is 5.03. The van der Waals surface area contributed by atoms with Gasteiger partial charge >= 0.3 is 18.4 Å². The first kappa shape index (κ1) is 21.0. The van der Waals surface area contributed by atoms with Crippen LogP contribution in [0.2, 0.25) is 5.15 Å². The number of fused-ring (bicyclic) bond motifs is 3. The molecule has 8 nitrogen and oxygen atoms in total. The maximum Gasteiger partial charge on any atom is 0.435 e. The highest BCUT2D eigenvalue weighted by Gasteiger charge is 2.62. The van der Waals surface area contributed by atoms with Crippen LogP contribution in [0.25, 0.3) is 5.65 Å². The second-order valence-corrected chi connectivity index (χ2v) is 7.02. The summed E-state index contributed by atoms with van der Waals surface area (Å²) in [6.07, 6.45) is -8.33. The number of amides is 1. The summed E-state index contributed by atoms with van der Waals surface area (Å²) in [5.74, 6) is -0.710. The number of nitrogens with two attached hydrogens (primary N) is 1. The van der Waals surface area contributed by atoms with Crippen LogP contribution in [0.1, 0.15) is 11.4 Å². The molecule has 0 saturated heterocycles. The number of hydrogen-bond acceptors (Lipinski definition) is 5. The van der Waals surface area contributed by atoms with E-state index in [-0.39, 0.29) is 21.2 Å². The Kier molecular flexibility index (Phi) is 4.30. The quantitative estimate of drug-likeness (QED) is 0.437. The number of aromatic nitrogens is 5. The first-order chi connectivity index (χ1) is 14.3. The monoisotopic (exact) mass is 465 g/mol. The molecule has 0 aromatic carbocycles. The summed E-state index contributed by atoms with van der Waals surface area (Å²) in [5.41, 5.74) is 0.250. The van der Waals surface area contributed by atoms with E-state index in [0.29, 0.717) is 17.0 Å². The Hall–Kier alpha value is -3.29. The van der Waals surface area contributed by atoms with E-state index in [9.17, 15) is 31.1 Å². The standard InChI is InChI=1S/C16H10ClF6N7O/c1-2-14(16(21,22)23)6-28(7-5-25-11-4-9(17)27-30(11)12(7)14)13(31)29-10(24)3-8(26-29)15(18,19)20/h2-5H,1,6,24H2/t14-/m1/s1. The lowest BCUT2D eigenvalue weighted by molar-refractivity contribution is -0.172. The molecule has 0 radical (unpaired) electrons. The zero-order valence-corrected chi connectivity index (χ0v) is 15.8. The highest BCUT2D eigenvalue weighted by molar-refractivity contribution is 6.29. The average Bonchev–Trinajstić information content (AvgIpc) is 3.32. The highest BCUT2D eigenvalue weighted by Crippen LogP contribution is 2.51. The predicted molar refractivity (Wildman–Crippen MR) is 95.7 cm³/mol. The maximum atomic E-state index is 14.2. The summed E-state index contributed by atoms with van der Waals surface area (Å²) in [4.78, 5) is 17.4. The second-order valence-electron chi connectivity index (χ2n) is 6.64. The van der Waals surface area contributed by atoms with Crippen molar-refractivity contribution in [2.24, 2.45) is 0 Å². The highest BCUT2D eigenvalue weighted by atomic mass is 35.5. The number of rotatable bonds is 1. The number of halogens is 7. The van der Waals surface area contributed by atoms with Gasteiger partial charge in [0.2, 0.25) is 0 Å². The van der Waals surface area contributed by atoms with Gasteiger partial charge in [-0.25, -0.2) is 14.3 Å². The van der Waals surface area contributed by atoms with E-state index >= 15 is 0 Å². The molecule has 1 amide bonds. The van der Waals surface area contributed by atoms with Crippen molar-refractivity contribution in [2.75, 3.05) is 17.2 Å². The molecule has 2 N–H and O–H groups in total. The van der Waals surface area contributed by atoms with Crippen LogP contribution < -0.4 is 10.6 Å². The molecule has 0 aliphatic carbocycles. The first-order valence-electron chi connectivity index (χ1n) is 8.30. The fourth-order valence-electron chi connectivity index (χ4n) is 3.39. The van der Waals surface area contributed by atoms with Gasteiger partial charge in [-0.2, -0.15) is 41.2 Å². The molecule has 164 valence electrons. The summed E-state index contributed by atoms with van der Waals surface area (Å²) in [6.45, 7) is 2.22. The number of alkyl halides is 6. The fraction of sp³-hybridized carbons (Fsp3) is 0.250. The van der Waals surface area contributed by atoms with E-state index in [4.69, 9.17) is 17.3 Å². The third-order valence-electron chi connectivity index (χ3n) is 4.85. The van der Waals surface area contributed by atoms with E-state index in [2.05, 4.69) is 21.8 Å². The van der Waals surface area contributed by atoms with Crippen LogP contribution in [-0.4, -0.2) is 43.1 Å². The molecule has 1 aliphatic rings. The number of hydrogen-bond donors (Lipinski definition) is 1. The number of carbonyl (C=O) groups is 1. The largest absolute Gasteiger partial charge is 0.435 e. The van der Waals surface area contributed by atoms with Gasteiger partial charge in [0, 0.05) is 12.1 Å². The molecule has 3 aromatic heterocycles. The van der Waals surface area contributed by atoms with Gasteiger partial charge in [0.1, 0.15) is 11.2 Å². The Morgan fingerprint density at radius 3 is 2.45 bits per heavy atom. The van der Waals surface area contributed by atoms with Crippen LogP contribution in [0.15, 0.2) is 31.0 Å². The smallest absolute Gasteiger partial charge is 0.383 e. The molecule has 3 aromatic rings. The van der Waals surface area contributed by atoms with E-state index in [0.717, 1.165) is 10.7 Å². The summed E-state index contributed by atoms with van der Waals surface area (Å²) in [6, 6.07) is 0.257. The summed E-state index contributed by atoms with van der Waals surface area (Å²) >= 11 is 5.80. The van der Waals surface area contributed by atoms with Crippen molar-refractivity contribution < 1.29 is 31.1 Å². The van der Waals surface area contributed by atoms with Crippen molar-refractivity contribution in [1.29, 1.82) is 0 Å². The molecule has 31 heavy (non-hydrogen) atoms. The van der Waals surface area contributed by atoms with Crippen molar-refractivity contribution in [3.63, 3.8) is 0 Å². The molecule has 0 spiro atoms. The number of anilines is 2. The Bertz CT molecular complexity index is 1230. The van der Waals surface area contributed by atoms with E-state index < -0.39 is 47.5 Å². The minimum Gasteiger partial charge on any atom is -0.383 e.